The highest BCUT2D eigenvalue weighted by molar-refractivity contribution is 7.87. The van der Waals surface area contributed by atoms with Gasteiger partial charge in [0.2, 0.25) is 5.76 Å². The fraction of sp³-hybridized carbons (Fsp3) is 0.160. The summed E-state index contributed by atoms with van der Waals surface area (Å²) in [5.74, 6) is -2.41. The minimum atomic E-state index is -6.02. The largest absolute Gasteiger partial charge is 0.534 e. The van der Waals surface area contributed by atoms with E-state index in [0.29, 0.717) is 0 Å². The Balaban J connectivity index is 1.71. The maximum absolute atomic E-state index is 12.7. The number of ether oxygens (including phenoxy) is 2. The van der Waals surface area contributed by atoms with Crippen molar-refractivity contribution in [3.8, 4) is 0 Å². The van der Waals surface area contributed by atoms with E-state index in [2.05, 4.69) is 4.18 Å². The van der Waals surface area contributed by atoms with Gasteiger partial charge in [0.25, 0.3) is 0 Å². The summed E-state index contributed by atoms with van der Waals surface area (Å²) in [6.45, 7) is -0.302. The smallest absolute Gasteiger partial charge is 0.450 e. The van der Waals surface area contributed by atoms with Crippen molar-refractivity contribution in [3.05, 3.63) is 120 Å². The molecule has 0 N–H and O–H groups in total. The van der Waals surface area contributed by atoms with Crippen molar-refractivity contribution in [2.45, 2.75) is 17.2 Å². The second-order valence-corrected chi connectivity index (χ2v) is 9.09. The second kappa shape index (κ2) is 9.55. The minimum Gasteiger partial charge on any atom is -0.450 e. The van der Waals surface area contributed by atoms with Crippen LogP contribution in [0.2, 0.25) is 0 Å². The van der Waals surface area contributed by atoms with Crippen LogP contribution in [0.15, 0.2) is 103 Å². The standard InChI is InChI=1S/C25H19F3O6S/c26-25(27,28)35(30,31)34-22-16-21(33-23(22)29)17-32-24(18-10-4-1-5-11-18,19-12-6-2-7-13-19)20-14-8-3-9-15-20/h1-16,21H,17H2/t21-/m0/s1. The van der Waals surface area contributed by atoms with Gasteiger partial charge in [-0.3, -0.25) is 0 Å². The number of esters is 1. The van der Waals surface area contributed by atoms with Crippen molar-refractivity contribution in [2.24, 2.45) is 0 Å². The van der Waals surface area contributed by atoms with Gasteiger partial charge in [0, 0.05) is 6.08 Å². The number of rotatable bonds is 8. The van der Waals surface area contributed by atoms with Gasteiger partial charge in [0.1, 0.15) is 11.7 Å². The molecule has 3 aromatic rings. The van der Waals surface area contributed by atoms with Crippen molar-refractivity contribution in [1.82, 2.24) is 0 Å². The molecule has 1 aliphatic heterocycles. The third-order valence-corrected chi connectivity index (χ3v) is 6.25. The number of carbonyl (C=O) groups is 1. The number of alkyl halides is 3. The average molecular weight is 504 g/mol. The zero-order valence-corrected chi connectivity index (χ0v) is 18.8. The zero-order valence-electron chi connectivity index (χ0n) is 18.0. The Kier molecular flexibility index (Phi) is 6.68. The van der Waals surface area contributed by atoms with E-state index in [1.54, 1.807) is 0 Å². The molecule has 0 fully saturated rings. The Morgan fingerprint density at radius 1 is 0.771 bits per heavy atom. The third-order valence-electron chi connectivity index (χ3n) is 5.28. The maximum Gasteiger partial charge on any atom is 0.534 e. The van der Waals surface area contributed by atoms with Gasteiger partial charge in [-0.2, -0.15) is 21.6 Å². The van der Waals surface area contributed by atoms with E-state index in [9.17, 15) is 26.4 Å². The Morgan fingerprint density at radius 2 is 1.20 bits per heavy atom. The highest BCUT2D eigenvalue weighted by Gasteiger charge is 2.50. The summed E-state index contributed by atoms with van der Waals surface area (Å²) in [5, 5.41) is 0. The highest BCUT2D eigenvalue weighted by atomic mass is 32.2. The first-order valence-electron chi connectivity index (χ1n) is 10.4. The van der Waals surface area contributed by atoms with E-state index in [4.69, 9.17) is 9.47 Å². The molecule has 6 nitrogen and oxygen atoms in total. The molecule has 0 saturated heterocycles. The van der Waals surface area contributed by atoms with Crippen LogP contribution in [0.25, 0.3) is 0 Å². The lowest BCUT2D eigenvalue weighted by molar-refractivity contribution is -0.145. The Hall–Kier alpha value is -3.63. The molecule has 0 aliphatic carbocycles. The van der Waals surface area contributed by atoms with Gasteiger partial charge in [-0.1, -0.05) is 91.0 Å². The number of carbonyl (C=O) groups excluding carboxylic acids is 1. The van der Waals surface area contributed by atoms with Crippen molar-refractivity contribution in [1.29, 1.82) is 0 Å². The van der Waals surface area contributed by atoms with Gasteiger partial charge in [-0.15, -0.1) is 0 Å². The Morgan fingerprint density at radius 3 is 1.60 bits per heavy atom. The number of hydrogen-bond donors (Lipinski definition) is 0. The topological polar surface area (TPSA) is 78.9 Å². The number of hydrogen-bond acceptors (Lipinski definition) is 6. The van der Waals surface area contributed by atoms with Crippen LogP contribution in [0.1, 0.15) is 16.7 Å². The summed E-state index contributed by atoms with van der Waals surface area (Å²) in [4.78, 5) is 12.0. The van der Waals surface area contributed by atoms with Crippen LogP contribution in [0, 0.1) is 0 Å². The lowest BCUT2D eigenvalue weighted by Crippen LogP contribution is -2.35. The van der Waals surface area contributed by atoms with Crippen LogP contribution in [0.5, 0.6) is 0 Å². The Bertz CT molecular complexity index is 1210. The molecule has 3 aromatic carbocycles. The molecular formula is C25H19F3O6S. The number of halogens is 3. The van der Waals surface area contributed by atoms with Gasteiger partial charge in [-0.25, -0.2) is 4.79 Å². The van der Waals surface area contributed by atoms with Crippen molar-refractivity contribution < 1.29 is 40.0 Å². The van der Waals surface area contributed by atoms with E-state index in [1.807, 2.05) is 91.0 Å². The predicted octanol–water partition coefficient (Wildman–Crippen LogP) is 4.67. The highest BCUT2D eigenvalue weighted by Crippen LogP contribution is 2.41. The van der Waals surface area contributed by atoms with Gasteiger partial charge in [0.05, 0.1) is 6.61 Å². The zero-order chi connectivity index (χ0) is 25.1. The molecule has 1 aliphatic rings. The molecule has 182 valence electrons. The average Bonchev–Trinajstić information content (AvgIpc) is 3.19. The SMILES string of the molecule is O=C1O[C@H](COC(c2ccccc2)(c2ccccc2)c2ccccc2)C=C1OS(=O)(=O)C(F)(F)F. The quantitative estimate of drug-likeness (QED) is 0.192. The lowest BCUT2D eigenvalue weighted by atomic mass is 9.80. The normalized spacial score (nSPS) is 16.5. The van der Waals surface area contributed by atoms with E-state index in [-0.39, 0.29) is 6.61 Å². The van der Waals surface area contributed by atoms with Crippen LogP contribution < -0.4 is 0 Å². The molecule has 0 amide bonds. The van der Waals surface area contributed by atoms with Crippen LogP contribution in [-0.4, -0.2) is 32.6 Å². The summed E-state index contributed by atoms with van der Waals surface area (Å²) >= 11 is 0. The number of benzene rings is 3. The third kappa shape index (κ3) is 4.94. The molecule has 35 heavy (non-hydrogen) atoms. The molecule has 0 spiro atoms. The minimum absolute atomic E-state index is 0.302. The van der Waals surface area contributed by atoms with E-state index < -0.39 is 39.1 Å². The first-order chi connectivity index (χ1) is 16.6. The fourth-order valence-electron chi connectivity index (χ4n) is 3.75. The molecule has 1 atom stereocenters. The monoisotopic (exact) mass is 504 g/mol. The van der Waals surface area contributed by atoms with Crippen LogP contribution in [0.4, 0.5) is 13.2 Å². The van der Waals surface area contributed by atoms with Crippen molar-refractivity contribution in [3.63, 3.8) is 0 Å². The predicted molar refractivity (Wildman–Crippen MR) is 119 cm³/mol. The van der Waals surface area contributed by atoms with Crippen molar-refractivity contribution in [2.75, 3.05) is 6.61 Å². The summed E-state index contributed by atoms with van der Waals surface area (Å²) < 4.78 is 76.0. The van der Waals surface area contributed by atoms with Crippen LogP contribution >= 0.6 is 0 Å². The Labute approximate surface area is 199 Å². The molecule has 1 heterocycles. The van der Waals surface area contributed by atoms with Crippen LogP contribution in [0.3, 0.4) is 0 Å². The molecule has 0 unspecified atom stereocenters. The lowest BCUT2D eigenvalue weighted by Gasteiger charge is -2.36. The summed E-state index contributed by atoms with van der Waals surface area (Å²) in [6.07, 6.45) is -0.325. The van der Waals surface area contributed by atoms with Crippen molar-refractivity contribution >= 4 is 16.1 Å². The van der Waals surface area contributed by atoms with Gasteiger partial charge >= 0.3 is 21.6 Å². The second-order valence-electron chi connectivity index (χ2n) is 7.55. The molecule has 0 aromatic heterocycles. The molecule has 0 saturated carbocycles. The van der Waals surface area contributed by atoms with Gasteiger partial charge in [0.15, 0.2) is 0 Å². The van der Waals surface area contributed by atoms with E-state index >= 15 is 0 Å². The molecular weight excluding hydrogens is 485 g/mol. The van der Waals surface area contributed by atoms with E-state index in [0.717, 1.165) is 22.8 Å². The van der Waals surface area contributed by atoms with E-state index in [1.165, 1.54) is 0 Å². The summed E-state index contributed by atoms with van der Waals surface area (Å²) in [7, 11) is -6.02. The maximum atomic E-state index is 12.7. The summed E-state index contributed by atoms with van der Waals surface area (Å²) in [6, 6.07) is 27.7. The van der Waals surface area contributed by atoms with Gasteiger partial charge < -0.3 is 13.7 Å². The molecule has 4 rings (SSSR count). The first kappa shape index (κ1) is 24.5. The fourth-order valence-corrected chi connectivity index (χ4v) is 4.21. The van der Waals surface area contributed by atoms with Crippen LogP contribution in [-0.2, 0) is 34.2 Å². The van der Waals surface area contributed by atoms with Gasteiger partial charge in [-0.05, 0) is 16.7 Å². The molecule has 0 radical (unpaired) electrons. The molecule has 10 heteroatoms. The number of cyclic esters (lactones) is 1. The first-order valence-corrected chi connectivity index (χ1v) is 11.8. The summed E-state index contributed by atoms with van der Waals surface area (Å²) in [5.41, 5.74) is -4.61. The molecule has 0 bridgehead atoms.